The molecule has 1 N–H and O–H groups in total. The first-order valence-corrected chi connectivity index (χ1v) is 9.21. The lowest BCUT2D eigenvalue weighted by Gasteiger charge is -2.24. The molecule has 0 amide bonds. The van der Waals surface area contributed by atoms with Gasteiger partial charge in [-0.05, 0) is 43.4 Å². The molecule has 21 heavy (non-hydrogen) atoms. The van der Waals surface area contributed by atoms with Crippen molar-refractivity contribution < 1.29 is 4.74 Å². The number of fused-ring (bicyclic) bond motifs is 1. The van der Waals surface area contributed by atoms with E-state index in [1.807, 2.05) is 0 Å². The van der Waals surface area contributed by atoms with E-state index < -0.39 is 0 Å². The standard InChI is InChI=1S/C18H26BrNO/c1-13(14-6-4-2-3-5-7-14)20-12-16-11-17(19)10-15-8-9-21-18(15)16/h10-11,13-14,20H,2-9,12H2,1H3/t13-/m1/s1. The molecule has 0 spiro atoms. The number of ether oxygens (including phenoxy) is 1. The zero-order chi connectivity index (χ0) is 14.7. The molecule has 1 saturated carbocycles. The number of benzene rings is 1. The maximum absolute atomic E-state index is 5.82. The van der Waals surface area contributed by atoms with Crippen LogP contribution in [0.3, 0.4) is 0 Å². The molecule has 1 atom stereocenters. The van der Waals surface area contributed by atoms with Crippen LogP contribution >= 0.6 is 15.9 Å². The van der Waals surface area contributed by atoms with Crippen LogP contribution < -0.4 is 10.1 Å². The van der Waals surface area contributed by atoms with E-state index >= 15 is 0 Å². The molecule has 1 heterocycles. The predicted molar refractivity (Wildman–Crippen MR) is 90.8 cm³/mol. The minimum absolute atomic E-state index is 0.596. The van der Waals surface area contributed by atoms with Crippen molar-refractivity contribution in [2.75, 3.05) is 6.61 Å². The SMILES string of the molecule is C[C@@H](NCc1cc(Br)cc2c1OCC2)C1CCCCCC1. The predicted octanol–water partition coefficient (Wildman–Crippen LogP) is 4.83. The van der Waals surface area contributed by atoms with Crippen molar-refractivity contribution in [1.29, 1.82) is 0 Å². The Kier molecular flexibility index (Phi) is 5.23. The molecule has 2 nitrogen and oxygen atoms in total. The number of hydrogen-bond acceptors (Lipinski definition) is 2. The summed E-state index contributed by atoms with van der Waals surface area (Å²) in [4.78, 5) is 0. The number of nitrogens with one attached hydrogen (secondary N) is 1. The molecule has 116 valence electrons. The van der Waals surface area contributed by atoms with Crippen LogP contribution in [0.5, 0.6) is 5.75 Å². The molecule has 0 bridgehead atoms. The average Bonchev–Trinajstić information content (AvgIpc) is 2.77. The van der Waals surface area contributed by atoms with Crippen molar-refractivity contribution in [3.05, 3.63) is 27.7 Å². The first kappa shape index (κ1) is 15.4. The Balaban J connectivity index is 1.62. The highest BCUT2D eigenvalue weighted by molar-refractivity contribution is 9.10. The van der Waals surface area contributed by atoms with Gasteiger partial charge in [0.25, 0.3) is 0 Å². The van der Waals surface area contributed by atoms with Crippen LogP contribution in [0.25, 0.3) is 0 Å². The maximum Gasteiger partial charge on any atom is 0.127 e. The van der Waals surface area contributed by atoms with Crippen molar-refractivity contribution in [3.63, 3.8) is 0 Å². The van der Waals surface area contributed by atoms with Crippen molar-refractivity contribution >= 4 is 15.9 Å². The van der Waals surface area contributed by atoms with Crippen LogP contribution in [-0.2, 0) is 13.0 Å². The Labute approximate surface area is 136 Å². The van der Waals surface area contributed by atoms with Gasteiger partial charge in [0.15, 0.2) is 0 Å². The Hall–Kier alpha value is -0.540. The molecule has 1 fully saturated rings. The summed E-state index contributed by atoms with van der Waals surface area (Å²) in [6.07, 6.45) is 9.49. The first-order chi connectivity index (χ1) is 10.2. The number of rotatable bonds is 4. The van der Waals surface area contributed by atoms with Gasteiger partial charge in [-0.2, -0.15) is 0 Å². The topological polar surface area (TPSA) is 21.3 Å². The molecule has 0 unspecified atom stereocenters. The summed E-state index contributed by atoms with van der Waals surface area (Å²) >= 11 is 3.63. The molecule has 0 saturated heterocycles. The molecule has 3 rings (SSSR count). The Morgan fingerprint density at radius 1 is 1.24 bits per heavy atom. The van der Waals surface area contributed by atoms with Crippen LogP contribution in [0.15, 0.2) is 16.6 Å². The number of hydrogen-bond donors (Lipinski definition) is 1. The molecule has 0 aromatic heterocycles. The van der Waals surface area contributed by atoms with E-state index in [0.29, 0.717) is 6.04 Å². The highest BCUT2D eigenvalue weighted by Gasteiger charge is 2.21. The zero-order valence-electron chi connectivity index (χ0n) is 13.0. The van der Waals surface area contributed by atoms with Crippen molar-refractivity contribution in [1.82, 2.24) is 5.32 Å². The lowest BCUT2D eigenvalue weighted by Crippen LogP contribution is -2.33. The molecular weight excluding hydrogens is 326 g/mol. The third-order valence-corrected chi connectivity index (χ3v) is 5.50. The van der Waals surface area contributed by atoms with E-state index in [-0.39, 0.29) is 0 Å². The third-order valence-electron chi connectivity index (χ3n) is 5.05. The van der Waals surface area contributed by atoms with Crippen molar-refractivity contribution in [2.45, 2.75) is 64.5 Å². The summed E-state index contributed by atoms with van der Waals surface area (Å²) in [6.45, 7) is 4.10. The summed E-state index contributed by atoms with van der Waals surface area (Å²) in [6, 6.07) is 5.00. The molecule has 1 aromatic rings. The van der Waals surface area contributed by atoms with E-state index in [1.54, 1.807) is 0 Å². The molecule has 1 aromatic carbocycles. The number of halogens is 1. The Bertz CT molecular complexity index is 480. The second-order valence-electron chi connectivity index (χ2n) is 6.57. The van der Waals surface area contributed by atoms with Gasteiger partial charge in [0.1, 0.15) is 5.75 Å². The van der Waals surface area contributed by atoms with E-state index in [1.165, 1.54) is 54.1 Å². The highest BCUT2D eigenvalue weighted by atomic mass is 79.9. The Morgan fingerprint density at radius 2 is 2.00 bits per heavy atom. The van der Waals surface area contributed by atoms with Gasteiger partial charge in [0.2, 0.25) is 0 Å². The van der Waals surface area contributed by atoms with Gasteiger partial charge in [-0.3, -0.25) is 0 Å². The molecule has 2 aliphatic rings. The fourth-order valence-electron chi connectivity index (χ4n) is 3.73. The molecule has 0 radical (unpaired) electrons. The minimum Gasteiger partial charge on any atom is -0.493 e. The average molecular weight is 352 g/mol. The van der Waals surface area contributed by atoms with Crippen LogP contribution in [0, 0.1) is 5.92 Å². The highest BCUT2D eigenvalue weighted by Crippen LogP contribution is 2.33. The Morgan fingerprint density at radius 3 is 2.76 bits per heavy atom. The van der Waals surface area contributed by atoms with Crippen molar-refractivity contribution in [3.8, 4) is 5.75 Å². The van der Waals surface area contributed by atoms with Crippen molar-refractivity contribution in [2.24, 2.45) is 5.92 Å². The minimum atomic E-state index is 0.596. The van der Waals surface area contributed by atoms with Crippen LogP contribution in [0.2, 0.25) is 0 Å². The monoisotopic (exact) mass is 351 g/mol. The summed E-state index contributed by atoms with van der Waals surface area (Å²) in [7, 11) is 0. The fourth-order valence-corrected chi connectivity index (χ4v) is 4.28. The largest absolute Gasteiger partial charge is 0.493 e. The summed E-state index contributed by atoms with van der Waals surface area (Å²) in [5.41, 5.74) is 2.65. The van der Waals surface area contributed by atoms with Gasteiger partial charge in [-0.15, -0.1) is 0 Å². The van der Waals surface area contributed by atoms with Gasteiger partial charge < -0.3 is 10.1 Å². The first-order valence-electron chi connectivity index (χ1n) is 8.41. The molecular formula is C18H26BrNO. The van der Waals surface area contributed by atoms with Gasteiger partial charge in [0, 0.05) is 29.0 Å². The van der Waals surface area contributed by atoms with Crippen LogP contribution in [0.4, 0.5) is 0 Å². The second-order valence-corrected chi connectivity index (χ2v) is 7.49. The summed E-state index contributed by atoms with van der Waals surface area (Å²) < 4.78 is 6.99. The summed E-state index contributed by atoms with van der Waals surface area (Å²) in [5.74, 6) is 1.97. The smallest absolute Gasteiger partial charge is 0.127 e. The van der Waals surface area contributed by atoms with Crippen LogP contribution in [0.1, 0.15) is 56.6 Å². The van der Waals surface area contributed by atoms with E-state index in [0.717, 1.165) is 31.2 Å². The lowest BCUT2D eigenvalue weighted by molar-refractivity contribution is 0.329. The van der Waals surface area contributed by atoms with Gasteiger partial charge >= 0.3 is 0 Å². The maximum atomic E-state index is 5.82. The molecule has 3 heteroatoms. The quantitative estimate of drug-likeness (QED) is 0.784. The summed E-state index contributed by atoms with van der Waals surface area (Å²) in [5, 5.41) is 3.75. The van der Waals surface area contributed by atoms with E-state index in [4.69, 9.17) is 4.74 Å². The van der Waals surface area contributed by atoms with Gasteiger partial charge in [0.05, 0.1) is 6.61 Å². The molecule has 1 aliphatic heterocycles. The molecule has 1 aliphatic carbocycles. The normalized spacial score (nSPS) is 20.7. The van der Waals surface area contributed by atoms with Gasteiger partial charge in [-0.1, -0.05) is 41.6 Å². The van der Waals surface area contributed by atoms with E-state index in [9.17, 15) is 0 Å². The van der Waals surface area contributed by atoms with E-state index in [2.05, 4.69) is 40.3 Å². The fraction of sp³-hybridized carbons (Fsp3) is 0.667. The van der Waals surface area contributed by atoms with Gasteiger partial charge in [-0.25, -0.2) is 0 Å². The third kappa shape index (κ3) is 3.81. The van der Waals surface area contributed by atoms with Crippen LogP contribution in [-0.4, -0.2) is 12.6 Å². The zero-order valence-corrected chi connectivity index (χ0v) is 14.5. The lowest BCUT2D eigenvalue weighted by atomic mass is 9.93. The second kappa shape index (κ2) is 7.15.